The Morgan fingerprint density at radius 2 is 1.08 bits per heavy atom. The van der Waals surface area contributed by atoms with Gasteiger partial charge < -0.3 is 5.73 Å². The smallest absolute Gasteiger partial charge is 0.146 e. The van der Waals surface area contributed by atoms with Gasteiger partial charge in [-0.2, -0.15) is 0 Å². The summed E-state index contributed by atoms with van der Waals surface area (Å²) in [6.07, 6.45) is 0. The Kier molecular flexibility index (Phi) is 3.78. The molecule has 4 nitrogen and oxygen atoms in total. The Morgan fingerprint density at radius 3 is 1.89 bits per heavy atom. The number of hydrogen-bond donors (Lipinski definition) is 1. The molecule has 8 rings (SSSR count). The molecular weight excluding hydrogens is 440 g/mol. The monoisotopic (exact) mass is 460 g/mol. The molecule has 0 aliphatic heterocycles. The summed E-state index contributed by atoms with van der Waals surface area (Å²) in [4.78, 5) is 9.71. The van der Waals surface area contributed by atoms with Gasteiger partial charge in [0.15, 0.2) is 0 Å². The van der Waals surface area contributed by atoms with Crippen LogP contribution in [0.2, 0.25) is 0 Å². The van der Waals surface area contributed by atoms with Crippen molar-refractivity contribution in [1.82, 2.24) is 14.4 Å². The molecule has 3 aromatic heterocycles. The second-order valence-electron chi connectivity index (χ2n) is 9.31. The summed E-state index contributed by atoms with van der Waals surface area (Å²) in [5, 5.41) is 6.76. The maximum Gasteiger partial charge on any atom is 0.146 e. The van der Waals surface area contributed by atoms with Crippen LogP contribution in [-0.4, -0.2) is 14.4 Å². The van der Waals surface area contributed by atoms with Crippen molar-refractivity contribution in [3.63, 3.8) is 0 Å². The van der Waals surface area contributed by atoms with Gasteiger partial charge in [-0.15, -0.1) is 0 Å². The number of pyridine rings is 2. The van der Waals surface area contributed by atoms with E-state index in [1.807, 2.05) is 24.3 Å². The van der Waals surface area contributed by atoms with Gasteiger partial charge in [0.2, 0.25) is 0 Å². The molecule has 4 heteroatoms. The second-order valence-corrected chi connectivity index (χ2v) is 9.31. The van der Waals surface area contributed by atoms with Crippen molar-refractivity contribution < 1.29 is 0 Å². The van der Waals surface area contributed by atoms with Crippen molar-refractivity contribution >= 4 is 65.8 Å². The molecule has 36 heavy (non-hydrogen) atoms. The molecular formula is C32H20N4. The SMILES string of the molecule is Nc1nc2ccccc2c2ccc(-c3ccc4c5ccccc5n5c6ccccc6nc5c4c3)cc12. The van der Waals surface area contributed by atoms with E-state index in [0.29, 0.717) is 5.82 Å². The molecule has 0 aliphatic carbocycles. The van der Waals surface area contributed by atoms with E-state index < -0.39 is 0 Å². The summed E-state index contributed by atoms with van der Waals surface area (Å²) in [5.41, 5.74) is 13.8. The lowest BCUT2D eigenvalue weighted by molar-refractivity contribution is 1.31. The van der Waals surface area contributed by atoms with Gasteiger partial charge in [0.1, 0.15) is 11.5 Å². The average molecular weight is 461 g/mol. The van der Waals surface area contributed by atoms with Crippen molar-refractivity contribution in [2.75, 3.05) is 5.73 Å². The Bertz CT molecular complexity index is 2170. The van der Waals surface area contributed by atoms with Crippen molar-refractivity contribution in [3.05, 3.63) is 109 Å². The first-order valence-electron chi connectivity index (χ1n) is 12.1. The third-order valence-corrected chi connectivity index (χ3v) is 7.32. The highest BCUT2D eigenvalue weighted by Crippen LogP contribution is 2.36. The summed E-state index contributed by atoms with van der Waals surface area (Å²) in [6.45, 7) is 0. The summed E-state index contributed by atoms with van der Waals surface area (Å²) in [7, 11) is 0. The number of anilines is 1. The molecule has 0 spiro atoms. The molecule has 0 radical (unpaired) electrons. The highest BCUT2D eigenvalue weighted by atomic mass is 15.0. The zero-order valence-corrected chi connectivity index (χ0v) is 19.3. The van der Waals surface area contributed by atoms with E-state index in [2.05, 4.69) is 94.3 Å². The minimum atomic E-state index is 0.555. The van der Waals surface area contributed by atoms with Crippen LogP contribution in [0, 0.1) is 0 Å². The average Bonchev–Trinajstić information content (AvgIpc) is 3.33. The molecule has 0 amide bonds. The van der Waals surface area contributed by atoms with Crippen molar-refractivity contribution in [1.29, 1.82) is 0 Å². The molecule has 8 aromatic rings. The first-order chi connectivity index (χ1) is 17.8. The maximum atomic E-state index is 6.42. The quantitative estimate of drug-likeness (QED) is 0.255. The minimum absolute atomic E-state index is 0.555. The molecule has 0 bridgehead atoms. The largest absolute Gasteiger partial charge is 0.383 e. The fourth-order valence-corrected chi connectivity index (χ4v) is 5.65. The fourth-order valence-electron chi connectivity index (χ4n) is 5.65. The molecule has 0 saturated heterocycles. The van der Waals surface area contributed by atoms with E-state index in [4.69, 9.17) is 10.7 Å². The number of benzene rings is 5. The predicted octanol–water partition coefficient (Wildman–Crippen LogP) is 7.74. The lowest BCUT2D eigenvalue weighted by atomic mass is 9.96. The number of fused-ring (bicyclic) bond motifs is 11. The maximum absolute atomic E-state index is 6.42. The van der Waals surface area contributed by atoms with Gasteiger partial charge in [-0.05, 0) is 58.3 Å². The van der Waals surface area contributed by atoms with Crippen LogP contribution in [0.25, 0.3) is 71.2 Å². The Morgan fingerprint density at radius 1 is 0.472 bits per heavy atom. The zero-order valence-electron chi connectivity index (χ0n) is 19.3. The summed E-state index contributed by atoms with van der Waals surface area (Å²) in [6, 6.07) is 38.2. The fraction of sp³-hybridized carbons (Fsp3) is 0. The van der Waals surface area contributed by atoms with Crippen molar-refractivity contribution in [2.24, 2.45) is 0 Å². The molecule has 0 saturated carbocycles. The number of para-hydroxylation sites is 4. The van der Waals surface area contributed by atoms with Gasteiger partial charge in [0, 0.05) is 21.5 Å². The van der Waals surface area contributed by atoms with E-state index in [1.165, 1.54) is 10.8 Å². The van der Waals surface area contributed by atoms with Gasteiger partial charge >= 0.3 is 0 Å². The summed E-state index contributed by atoms with van der Waals surface area (Å²) >= 11 is 0. The minimum Gasteiger partial charge on any atom is -0.383 e. The van der Waals surface area contributed by atoms with Gasteiger partial charge in [0.05, 0.1) is 22.1 Å². The molecule has 0 atom stereocenters. The molecule has 5 aromatic carbocycles. The third-order valence-electron chi connectivity index (χ3n) is 7.32. The number of rotatable bonds is 1. The lowest BCUT2D eigenvalue weighted by Gasteiger charge is -2.12. The van der Waals surface area contributed by atoms with E-state index >= 15 is 0 Å². The summed E-state index contributed by atoms with van der Waals surface area (Å²) in [5.74, 6) is 0.555. The van der Waals surface area contributed by atoms with Gasteiger partial charge in [-0.25, -0.2) is 9.97 Å². The zero-order chi connectivity index (χ0) is 23.8. The Hall–Kier alpha value is -4.96. The van der Waals surface area contributed by atoms with Crippen LogP contribution in [-0.2, 0) is 0 Å². The highest BCUT2D eigenvalue weighted by Gasteiger charge is 2.15. The van der Waals surface area contributed by atoms with Crippen LogP contribution in [0.1, 0.15) is 0 Å². The third kappa shape index (κ3) is 2.58. The molecule has 0 fully saturated rings. The Labute approximate surface area is 206 Å². The van der Waals surface area contributed by atoms with Crippen LogP contribution in [0.4, 0.5) is 5.82 Å². The van der Waals surface area contributed by atoms with Crippen LogP contribution in [0.5, 0.6) is 0 Å². The number of imidazole rings is 1. The molecule has 0 aliphatic rings. The topological polar surface area (TPSA) is 56.2 Å². The van der Waals surface area contributed by atoms with Crippen LogP contribution < -0.4 is 5.73 Å². The van der Waals surface area contributed by atoms with Crippen molar-refractivity contribution in [2.45, 2.75) is 0 Å². The lowest BCUT2D eigenvalue weighted by Crippen LogP contribution is -1.94. The van der Waals surface area contributed by atoms with E-state index in [-0.39, 0.29) is 0 Å². The van der Waals surface area contributed by atoms with Crippen LogP contribution >= 0.6 is 0 Å². The standard InChI is InChI=1S/C32H20N4/c33-31-25-17-19(13-15-21(25)23-7-1-3-9-27(23)34-31)20-14-16-22-24-8-2-5-11-29(24)36-30-12-6-4-10-28(30)35-32(36)26(22)18-20/h1-18H,(H2,33,34). The normalized spacial score (nSPS) is 12.0. The predicted molar refractivity (Wildman–Crippen MR) is 150 cm³/mol. The molecule has 3 heterocycles. The number of nitrogens with zero attached hydrogens (tertiary/aromatic N) is 3. The first-order valence-corrected chi connectivity index (χ1v) is 12.1. The van der Waals surface area contributed by atoms with Crippen molar-refractivity contribution in [3.8, 4) is 11.1 Å². The van der Waals surface area contributed by atoms with Crippen LogP contribution in [0.15, 0.2) is 109 Å². The second kappa shape index (κ2) is 7.03. The molecule has 2 N–H and O–H groups in total. The van der Waals surface area contributed by atoms with Gasteiger partial charge in [-0.3, -0.25) is 4.40 Å². The number of nitrogens with two attached hydrogens (primary N) is 1. The van der Waals surface area contributed by atoms with Gasteiger partial charge in [-0.1, -0.05) is 72.8 Å². The number of nitrogen functional groups attached to an aromatic ring is 1. The van der Waals surface area contributed by atoms with Crippen LogP contribution in [0.3, 0.4) is 0 Å². The number of hydrogen-bond acceptors (Lipinski definition) is 3. The van der Waals surface area contributed by atoms with E-state index in [1.54, 1.807) is 0 Å². The Balaban J connectivity index is 1.45. The van der Waals surface area contributed by atoms with E-state index in [9.17, 15) is 0 Å². The van der Waals surface area contributed by atoms with Gasteiger partial charge in [0.25, 0.3) is 0 Å². The first kappa shape index (κ1) is 19.4. The summed E-state index contributed by atoms with van der Waals surface area (Å²) < 4.78 is 2.28. The van der Waals surface area contributed by atoms with E-state index in [0.717, 1.165) is 60.4 Å². The molecule has 168 valence electrons. The molecule has 0 unspecified atom stereocenters. The highest BCUT2D eigenvalue weighted by molar-refractivity contribution is 6.15. The number of aromatic nitrogens is 3.